The lowest BCUT2D eigenvalue weighted by Crippen LogP contribution is -2.48. The molecule has 3 rings (SSSR count). The van der Waals surface area contributed by atoms with Gasteiger partial charge in [0, 0.05) is 38.6 Å². The molecule has 0 aliphatic carbocycles. The summed E-state index contributed by atoms with van der Waals surface area (Å²) in [7, 11) is -4.16. The van der Waals surface area contributed by atoms with E-state index < -0.39 is 26.7 Å². The largest absolute Gasteiger partial charge is 0.416 e. The highest BCUT2D eigenvalue weighted by atomic mass is 35.5. The molecule has 1 aliphatic rings. The summed E-state index contributed by atoms with van der Waals surface area (Å²) >= 11 is 12.0. The van der Waals surface area contributed by atoms with E-state index in [1.54, 1.807) is 12.3 Å². The van der Waals surface area contributed by atoms with Gasteiger partial charge in [0.25, 0.3) is 0 Å². The second kappa shape index (κ2) is 7.46. The summed E-state index contributed by atoms with van der Waals surface area (Å²) in [6, 6.07) is 3.99. The number of rotatable bonds is 3. The van der Waals surface area contributed by atoms with Crippen molar-refractivity contribution in [3.63, 3.8) is 0 Å². The minimum absolute atomic E-state index is 0.0908. The van der Waals surface area contributed by atoms with Gasteiger partial charge in [-0.15, -0.1) is 0 Å². The van der Waals surface area contributed by atoms with E-state index in [0.29, 0.717) is 24.2 Å². The van der Waals surface area contributed by atoms with Crippen LogP contribution in [0.25, 0.3) is 0 Å². The van der Waals surface area contributed by atoms with E-state index in [-0.39, 0.29) is 18.1 Å². The predicted molar refractivity (Wildman–Crippen MR) is 96.7 cm³/mol. The van der Waals surface area contributed by atoms with Gasteiger partial charge in [-0.25, -0.2) is 8.42 Å². The molecule has 2 aromatic rings. The molecule has 5 nitrogen and oxygen atoms in total. The second-order valence-corrected chi connectivity index (χ2v) is 8.58. The first-order chi connectivity index (χ1) is 12.6. The first kappa shape index (κ1) is 20.2. The lowest BCUT2D eigenvalue weighted by atomic mass is 10.2. The van der Waals surface area contributed by atoms with Gasteiger partial charge in [0.1, 0.15) is 4.90 Å². The van der Waals surface area contributed by atoms with Crippen molar-refractivity contribution in [2.24, 2.45) is 0 Å². The van der Waals surface area contributed by atoms with Crippen molar-refractivity contribution in [2.45, 2.75) is 11.1 Å². The zero-order chi connectivity index (χ0) is 19.8. The average molecular weight is 440 g/mol. The molecule has 1 aliphatic heterocycles. The third kappa shape index (κ3) is 4.16. The van der Waals surface area contributed by atoms with Gasteiger partial charge in [-0.05, 0) is 24.3 Å². The van der Waals surface area contributed by atoms with Crippen molar-refractivity contribution in [3.8, 4) is 0 Å². The average Bonchev–Trinajstić information content (AvgIpc) is 2.61. The van der Waals surface area contributed by atoms with Gasteiger partial charge in [-0.2, -0.15) is 17.5 Å². The van der Waals surface area contributed by atoms with Gasteiger partial charge in [-0.1, -0.05) is 23.2 Å². The van der Waals surface area contributed by atoms with Crippen molar-refractivity contribution in [1.29, 1.82) is 0 Å². The molecule has 0 amide bonds. The molecule has 1 fully saturated rings. The zero-order valence-electron chi connectivity index (χ0n) is 13.7. The Balaban J connectivity index is 1.83. The number of hydrogen-bond donors (Lipinski definition) is 0. The highest BCUT2D eigenvalue weighted by Crippen LogP contribution is 2.35. The second-order valence-electron chi connectivity index (χ2n) is 5.86. The number of benzene rings is 1. The van der Waals surface area contributed by atoms with Crippen LogP contribution < -0.4 is 4.90 Å². The molecule has 1 aromatic carbocycles. The number of nitrogens with zero attached hydrogens (tertiary/aromatic N) is 3. The van der Waals surface area contributed by atoms with Gasteiger partial charge in [0.05, 0.1) is 21.3 Å². The number of piperazine rings is 1. The Bertz CT molecular complexity index is 946. The summed E-state index contributed by atoms with van der Waals surface area (Å²) < 4.78 is 65.6. The van der Waals surface area contributed by atoms with Crippen molar-refractivity contribution >= 4 is 38.9 Å². The number of sulfonamides is 1. The fourth-order valence-corrected chi connectivity index (χ4v) is 4.97. The molecule has 0 N–H and O–H groups in total. The van der Waals surface area contributed by atoms with Gasteiger partial charge in [0.2, 0.25) is 10.0 Å². The van der Waals surface area contributed by atoms with E-state index in [9.17, 15) is 21.6 Å². The van der Waals surface area contributed by atoms with Crippen molar-refractivity contribution < 1.29 is 21.6 Å². The van der Waals surface area contributed by atoms with Crippen LogP contribution in [-0.2, 0) is 16.2 Å². The highest BCUT2D eigenvalue weighted by molar-refractivity contribution is 7.89. The van der Waals surface area contributed by atoms with E-state index in [1.165, 1.54) is 6.20 Å². The minimum Gasteiger partial charge on any atom is -0.368 e. The summed E-state index contributed by atoms with van der Waals surface area (Å²) in [5.41, 5.74) is -0.339. The van der Waals surface area contributed by atoms with E-state index in [0.717, 1.165) is 22.1 Å². The quantitative estimate of drug-likeness (QED) is 0.727. The lowest BCUT2D eigenvalue weighted by Gasteiger charge is -2.35. The lowest BCUT2D eigenvalue weighted by molar-refractivity contribution is -0.137. The molecule has 0 unspecified atom stereocenters. The van der Waals surface area contributed by atoms with Gasteiger partial charge >= 0.3 is 6.18 Å². The van der Waals surface area contributed by atoms with Crippen LogP contribution in [-0.4, -0.2) is 43.9 Å². The van der Waals surface area contributed by atoms with Crippen LogP contribution in [0.1, 0.15) is 5.56 Å². The molecule has 146 valence electrons. The van der Waals surface area contributed by atoms with Crippen molar-refractivity contribution in [3.05, 3.63) is 52.3 Å². The Labute approximate surface area is 164 Å². The molecule has 0 bridgehead atoms. The first-order valence-corrected chi connectivity index (χ1v) is 10.0. The molecular formula is C16H14Cl2F3N3O2S. The first-order valence-electron chi connectivity index (χ1n) is 7.82. The molecule has 0 radical (unpaired) electrons. The van der Waals surface area contributed by atoms with Crippen LogP contribution in [0, 0.1) is 0 Å². The maximum absolute atomic E-state index is 12.9. The topological polar surface area (TPSA) is 53.5 Å². The Morgan fingerprint density at radius 3 is 2.26 bits per heavy atom. The number of aromatic nitrogens is 1. The van der Waals surface area contributed by atoms with E-state index in [4.69, 9.17) is 23.2 Å². The highest BCUT2D eigenvalue weighted by Gasteiger charge is 2.35. The third-order valence-electron chi connectivity index (χ3n) is 4.21. The summed E-state index contributed by atoms with van der Waals surface area (Å²) in [5.74, 6) is 0. The summed E-state index contributed by atoms with van der Waals surface area (Å²) in [5, 5.41) is 0.192. The number of pyridine rings is 1. The number of anilines is 1. The maximum atomic E-state index is 12.9. The monoisotopic (exact) mass is 439 g/mol. The molecule has 11 heteroatoms. The normalized spacial score (nSPS) is 16.6. The molecule has 1 saturated heterocycles. The summed E-state index contributed by atoms with van der Waals surface area (Å²) in [4.78, 5) is 5.25. The molecule has 2 heterocycles. The van der Waals surface area contributed by atoms with Gasteiger partial charge in [0.15, 0.2) is 0 Å². The minimum atomic E-state index is -4.66. The van der Waals surface area contributed by atoms with Crippen LogP contribution in [0.5, 0.6) is 0 Å². The van der Waals surface area contributed by atoms with Gasteiger partial charge in [-0.3, -0.25) is 4.98 Å². The SMILES string of the molecule is O=S(=O)(c1cc(C(F)(F)F)ccc1Cl)N1CCN(c2ccncc2Cl)CC1. The molecule has 0 spiro atoms. The van der Waals surface area contributed by atoms with Gasteiger partial charge < -0.3 is 4.90 Å². The number of alkyl halides is 3. The Hall–Kier alpha value is -1.55. The van der Waals surface area contributed by atoms with E-state index in [2.05, 4.69) is 4.98 Å². The summed E-state index contributed by atoms with van der Waals surface area (Å²) in [6.45, 7) is 0.847. The molecule has 0 saturated carbocycles. The van der Waals surface area contributed by atoms with Crippen LogP contribution >= 0.6 is 23.2 Å². The van der Waals surface area contributed by atoms with Crippen LogP contribution in [0.15, 0.2) is 41.6 Å². The third-order valence-corrected chi connectivity index (χ3v) is 6.88. The Morgan fingerprint density at radius 2 is 1.67 bits per heavy atom. The number of halogens is 5. The van der Waals surface area contributed by atoms with E-state index >= 15 is 0 Å². The van der Waals surface area contributed by atoms with Crippen molar-refractivity contribution in [1.82, 2.24) is 9.29 Å². The fourth-order valence-electron chi connectivity index (χ4n) is 2.81. The molecule has 0 atom stereocenters. The smallest absolute Gasteiger partial charge is 0.368 e. The van der Waals surface area contributed by atoms with Crippen LogP contribution in [0.3, 0.4) is 0 Å². The van der Waals surface area contributed by atoms with Crippen LogP contribution in [0.4, 0.5) is 18.9 Å². The standard InChI is InChI=1S/C16H14Cl2F3N3O2S/c17-12-2-1-11(16(19,20)21)9-15(12)27(25,26)24-7-5-23(6-8-24)14-3-4-22-10-13(14)18/h1-4,9-10H,5-8H2. The molecule has 1 aromatic heterocycles. The summed E-state index contributed by atoms with van der Waals surface area (Å²) in [6.07, 6.45) is -1.60. The molecule has 27 heavy (non-hydrogen) atoms. The van der Waals surface area contributed by atoms with Crippen molar-refractivity contribution in [2.75, 3.05) is 31.1 Å². The Morgan fingerprint density at radius 1 is 1.00 bits per heavy atom. The van der Waals surface area contributed by atoms with Crippen LogP contribution in [0.2, 0.25) is 10.0 Å². The maximum Gasteiger partial charge on any atom is 0.416 e. The fraction of sp³-hybridized carbons (Fsp3) is 0.312. The number of hydrogen-bond acceptors (Lipinski definition) is 4. The predicted octanol–water partition coefficient (Wildman–Crippen LogP) is 3.92. The zero-order valence-corrected chi connectivity index (χ0v) is 16.1. The molecular weight excluding hydrogens is 426 g/mol. The van der Waals surface area contributed by atoms with E-state index in [1.807, 2.05) is 4.90 Å². The Kier molecular flexibility index (Phi) is 5.58.